The minimum atomic E-state index is 0.0720. The number of rotatable bonds is 8. The molecule has 2 aromatic rings. The van der Waals surface area contributed by atoms with Crippen molar-refractivity contribution < 1.29 is 5.11 Å². The molecule has 3 rings (SSSR count). The summed E-state index contributed by atoms with van der Waals surface area (Å²) in [7, 11) is 2.17. The van der Waals surface area contributed by atoms with Crippen LogP contribution in [0, 0.1) is 4.91 Å². The number of aliphatic hydroxyl groups is 1. The zero-order valence-corrected chi connectivity index (χ0v) is 20.1. The van der Waals surface area contributed by atoms with Crippen molar-refractivity contribution in [3.63, 3.8) is 0 Å². The van der Waals surface area contributed by atoms with Crippen molar-refractivity contribution in [1.29, 1.82) is 0 Å². The molecular weight excluding hydrogens is 404 g/mol. The Labute approximate surface area is 191 Å². The van der Waals surface area contributed by atoms with Crippen LogP contribution in [0.3, 0.4) is 0 Å². The maximum Gasteiger partial charge on any atom is 0.204 e. The third kappa shape index (κ3) is 7.53. The number of nitrogens with one attached hydrogen (secondary N) is 1. The van der Waals surface area contributed by atoms with Crippen LogP contribution in [0.2, 0.25) is 0 Å². The molecular formula is C24H38N6O2. The molecule has 0 spiro atoms. The summed E-state index contributed by atoms with van der Waals surface area (Å²) in [6, 6.07) is 6.47. The van der Waals surface area contributed by atoms with Crippen molar-refractivity contribution in [1.82, 2.24) is 14.5 Å². The van der Waals surface area contributed by atoms with Crippen LogP contribution in [0.25, 0.3) is 11.0 Å². The standard InChI is InChI=1S/C16H24N4O.C8H14N2O/c1-3-20-15-10-12(11-21)4-5-14(15)18-16(20)17-13-6-8-19(2)9-7-13;1-4-5-7(2)10-8(3)6-9-11/h4-5,10,13,21H,3,6-9,11H2,1-2H3,(H,17,18);5H,4,6H2,1-3H3/b;7-5-,10-8?. The van der Waals surface area contributed by atoms with Crippen LogP contribution in [-0.4, -0.2) is 58.0 Å². The number of aryl methyl sites for hydroxylation is 1. The van der Waals surface area contributed by atoms with Crippen molar-refractivity contribution >= 4 is 22.7 Å². The molecule has 0 atom stereocenters. The molecule has 32 heavy (non-hydrogen) atoms. The number of aromatic nitrogens is 2. The van der Waals surface area contributed by atoms with Crippen LogP contribution >= 0.6 is 0 Å². The molecule has 1 aromatic heterocycles. The fourth-order valence-corrected chi connectivity index (χ4v) is 3.80. The number of imidazole rings is 1. The zero-order chi connectivity index (χ0) is 23.5. The number of anilines is 1. The first kappa shape index (κ1) is 25.7. The Kier molecular flexibility index (Phi) is 10.5. The van der Waals surface area contributed by atoms with Crippen molar-refractivity contribution in [2.45, 2.75) is 66.2 Å². The second kappa shape index (κ2) is 13.1. The Morgan fingerprint density at radius 3 is 2.59 bits per heavy atom. The first-order valence-electron chi connectivity index (χ1n) is 11.5. The number of nitroso groups, excluding NO2 is 1. The van der Waals surface area contributed by atoms with Gasteiger partial charge in [0.15, 0.2) is 0 Å². The van der Waals surface area contributed by atoms with Crippen molar-refractivity contribution in [3.8, 4) is 0 Å². The fraction of sp³-hybridized carbons (Fsp3) is 0.583. The molecule has 0 unspecified atom stereocenters. The summed E-state index contributed by atoms with van der Waals surface area (Å²) in [5, 5.41) is 15.7. The van der Waals surface area contributed by atoms with Crippen molar-refractivity contribution in [3.05, 3.63) is 40.4 Å². The van der Waals surface area contributed by atoms with E-state index >= 15 is 0 Å². The lowest BCUT2D eigenvalue weighted by Gasteiger charge is -2.29. The summed E-state index contributed by atoms with van der Waals surface area (Å²) in [4.78, 5) is 21.0. The molecule has 176 valence electrons. The lowest BCUT2D eigenvalue weighted by molar-refractivity contribution is 0.263. The Bertz CT molecular complexity index is 926. The van der Waals surface area contributed by atoms with Crippen molar-refractivity contribution in [2.24, 2.45) is 10.2 Å². The lowest BCUT2D eigenvalue weighted by atomic mass is 10.1. The average molecular weight is 443 g/mol. The van der Waals surface area contributed by atoms with Gasteiger partial charge in [-0.05, 0) is 77.9 Å². The highest BCUT2D eigenvalue weighted by molar-refractivity contribution is 5.84. The Hall–Kier alpha value is -2.58. The van der Waals surface area contributed by atoms with E-state index in [2.05, 4.69) is 38.9 Å². The van der Waals surface area contributed by atoms with Gasteiger partial charge in [-0.3, -0.25) is 4.99 Å². The Morgan fingerprint density at radius 2 is 2.00 bits per heavy atom. The predicted octanol–water partition coefficient (Wildman–Crippen LogP) is 4.58. The van der Waals surface area contributed by atoms with E-state index in [1.54, 1.807) is 6.92 Å². The molecule has 0 amide bonds. The number of hydrogen-bond acceptors (Lipinski definition) is 7. The Balaban J connectivity index is 0.000000282. The molecule has 0 aliphatic carbocycles. The van der Waals surface area contributed by atoms with Crippen LogP contribution in [0.15, 0.2) is 40.1 Å². The van der Waals surface area contributed by atoms with E-state index < -0.39 is 0 Å². The van der Waals surface area contributed by atoms with Gasteiger partial charge >= 0.3 is 0 Å². The largest absolute Gasteiger partial charge is 0.392 e. The lowest BCUT2D eigenvalue weighted by Crippen LogP contribution is -2.37. The van der Waals surface area contributed by atoms with Gasteiger partial charge in [0.2, 0.25) is 5.95 Å². The van der Waals surface area contributed by atoms with Crippen LogP contribution in [0.5, 0.6) is 0 Å². The van der Waals surface area contributed by atoms with E-state index in [9.17, 15) is 10.0 Å². The van der Waals surface area contributed by atoms with Gasteiger partial charge in [0.25, 0.3) is 0 Å². The number of fused-ring (bicyclic) bond motifs is 1. The molecule has 0 radical (unpaired) electrons. The van der Waals surface area contributed by atoms with Gasteiger partial charge in [0, 0.05) is 24.0 Å². The van der Waals surface area contributed by atoms with Crippen molar-refractivity contribution in [2.75, 3.05) is 32.0 Å². The number of aliphatic hydroxyl groups excluding tert-OH is 1. The SMILES string of the molecule is CC/C=C(/C)N=C(C)CN=O.CCn1c(NC2CCN(C)CC2)nc2ccc(CO)cc21. The fourth-order valence-electron chi connectivity index (χ4n) is 3.80. The normalized spacial score (nSPS) is 16.1. The predicted molar refractivity (Wildman–Crippen MR) is 133 cm³/mol. The first-order chi connectivity index (χ1) is 15.4. The monoisotopic (exact) mass is 442 g/mol. The number of allylic oxidation sites excluding steroid dienone is 2. The van der Waals surface area contributed by atoms with Gasteiger partial charge in [-0.2, -0.15) is 4.91 Å². The molecule has 8 nitrogen and oxygen atoms in total. The van der Waals surface area contributed by atoms with Crippen LogP contribution < -0.4 is 5.32 Å². The van der Waals surface area contributed by atoms with Gasteiger partial charge in [-0.1, -0.05) is 24.2 Å². The summed E-state index contributed by atoms with van der Waals surface area (Å²) in [6.45, 7) is 11.3. The van der Waals surface area contributed by atoms with Gasteiger partial charge in [-0.25, -0.2) is 4.98 Å². The Morgan fingerprint density at radius 1 is 1.28 bits per heavy atom. The molecule has 0 bridgehead atoms. The number of likely N-dealkylation sites (tertiary alicyclic amines) is 1. The van der Waals surface area contributed by atoms with Gasteiger partial charge in [-0.15, -0.1) is 0 Å². The molecule has 2 heterocycles. The molecule has 1 aliphatic heterocycles. The number of hydrogen-bond donors (Lipinski definition) is 2. The second-order valence-corrected chi connectivity index (χ2v) is 8.27. The molecule has 0 saturated carbocycles. The van der Waals surface area contributed by atoms with E-state index in [4.69, 9.17) is 4.98 Å². The number of benzene rings is 1. The highest BCUT2D eigenvalue weighted by Crippen LogP contribution is 2.23. The average Bonchev–Trinajstić information content (AvgIpc) is 3.12. The minimum Gasteiger partial charge on any atom is -0.392 e. The maximum absolute atomic E-state index is 9.80. The third-order valence-corrected chi connectivity index (χ3v) is 5.52. The third-order valence-electron chi connectivity index (χ3n) is 5.52. The highest BCUT2D eigenvalue weighted by Gasteiger charge is 2.19. The van der Waals surface area contributed by atoms with E-state index in [1.807, 2.05) is 38.1 Å². The van der Waals surface area contributed by atoms with E-state index in [1.165, 1.54) is 0 Å². The molecule has 1 aromatic carbocycles. The molecule has 2 N–H and O–H groups in total. The summed E-state index contributed by atoms with van der Waals surface area (Å²) in [5.74, 6) is 0.956. The molecule has 1 fully saturated rings. The summed E-state index contributed by atoms with van der Waals surface area (Å²) >= 11 is 0. The van der Waals surface area contributed by atoms with Crippen LogP contribution in [0.1, 0.15) is 52.5 Å². The molecule has 8 heteroatoms. The van der Waals surface area contributed by atoms with Gasteiger partial charge in [0.1, 0.15) is 6.54 Å². The number of piperidine rings is 1. The maximum atomic E-state index is 9.80. The van der Waals surface area contributed by atoms with Crippen LogP contribution in [-0.2, 0) is 13.2 Å². The van der Waals surface area contributed by atoms with Gasteiger partial charge in [0.05, 0.1) is 17.6 Å². The first-order valence-corrected chi connectivity index (χ1v) is 11.5. The summed E-state index contributed by atoms with van der Waals surface area (Å²) < 4.78 is 2.20. The second-order valence-electron chi connectivity index (χ2n) is 8.27. The topological polar surface area (TPSA) is 95.1 Å². The van der Waals surface area contributed by atoms with Crippen LogP contribution in [0.4, 0.5) is 5.95 Å². The zero-order valence-electron chi connectivity index (χ0n) is 20.1. The summed E-state index contributed by atoms with van der Waals surface area (Å²) in [5.41, 5.74) is 4.74. The van der Waals surface area contributed by atoms with E-state index in [-0.39, 0.29) is 13.2 Å². The number of aliphatic imine (C=N–C) groups is 1. The van der Waals surface area contributed by atoms with E-state index in [0.29, 0.717) is 6.04 Å². The number of nitrogens with zero attached hydrogens (tertiary/aromatic N) is 5. The molecule has 1 saturated heterocycles. The summed E-state index contributed by atoms with van der Waals surface area (Å²) in [6.07, 6.45) is 5.29. The van der Waals surface area contributed by atoms with E-state index in [0.717, 1.165) is 72.9 Å². The highest BCUT2D eigenvalue weighted by atomic mass is 16.3. The quantitative estimate of drug-likeness (QED) is 0.461. The molecule has 1 aliphatic rings. The minimum absolute atomic E-state index is 0.0720. The van der Waals surface area contributed by atoms with Gasteiger partial charge < -0.3 is 19.9 Å². The smallest absolute Gasteiger partial charge is 0.204 e.